The molecule has 8 heteroatoms. The van der Waals surface area contributed by atoms with Crippen LogP contribution in [0.3, 0.4) is 0 Å². The average molecular weight is 357 g/mol. The number of rotatable bonds is 3. The van der Waals surface area contributed by atoms with Crippen LogP contribution in [-0.2, 0) is 16.6 Å². The van der Waals surface area contributed by atoms with Crippen LogP contribution in [0.1, 0.15) is 5.56 Å². The largest absolute Gasteiger partial charge is 0.492 e. The summed E-state index contributed by atoms with van der Waals surface area (Å²) in [7, 11) is -4.07. The normalized spacial score (nSPS) is 14.5. The molecule has 0 unspecified atom stereocenters. The summed E-state index contributed by atoms with van der Waals surface area (Å²) < 4.78 is 46.6. The van der Waals surface area contributed by atoms with Crippen LogP contribution in [-0.4, -0.2) is 21.6 Å². The van der Waals surface area contributed by atoms with Gasteiger partial charge in [0.2, 0.25) is 0 Å². The van der Waals surface area contributed by atoms with E-state index in [1.807, 2.05) is 0 Å². The third-order valence-corrected chi connectivity index (χ3v) is 5.06. The Morgan fingerprint density at radius 1 is 1.26 bits per heavy atom. The van der Waals surface area contributed by atoms with Crippen molar-refractivity contribution in [2.75, 3.05) is 17.9 Å². The van der Waals surface area contributed by atoms with Gasteiger partial charge in [-0.1, -0.05) is 17.7 Å². The lowest BCUT2D eigenvalue weighted by molar-refractivity contribution is 0.326. The highest BCUT2D eigenvalue weighted by molar-refractivity contribution is 7.92. The smallest absolute Gasteiger partial charge is 0.264 e. The minimum absolute atomic E-state index is 0.243. The maximum absolute atomic E-state index is 13.9. The van der Waals surface area contributed by atoms with Crippen molar-refractivity contribution in [2.24, 2.45) is 0 Å². The van der Waals surface area contributed by atoms with Crippen LogP contribution in [0.4, 0.5) is 10.1 Å². The van der Waals surface area contributed by atoms with Gasteiger partial charge in [0.1, 0.15) is 17.3 Å². The molecule has 1 aliphatic heterocycles. The standard InChI is InChI=1S/C15H14ClFN2O3S/c16-12-2-1-3-14(15(12)17)23(20,21)19-11-4-5-13-10(8-11)9-18-6-7-22-13/h1-5,8,18-19H,6-7,9H2. The number of ether oxygens (including phenoxy) is 1. The SMILES string of the molecule is O=S(=O)(Nc1ccc2c(c1)CNCCO2)c1cccc(Cl)c1F. The molecule has 0 aliphatic carbocycles. The Balaban J connectivity index is 1.92. The van der Waals surface area contributed by atoms with Gasteiger partial charge >= 0.3 is 0 Å². The second-order valence-electron chi connectivity index (χ2n) is 5.01. The van der Waals surface area contributed by atoms with Crippen LogP contribution in [0.25, 0.3) is 0 Å². The molecule has 0 amide bonds. The predicted molar refractivity (Wildman–Crippen MR) is 85.9 cm³/mol. The van der Waals surface area contributed by atoms with Crippen molar-refractivity contribution in [1.29, 1.82) is 0 Å². The Morgan fingerprint density at radius 3 is 2.91 bits per heavy atom. The molecule has 122 valence electrons. The van der Waals surface area contributed by atoms with E-state index in [4.69, 9.17) is 16.3 Å². The highest BCUT2D eigenvalue weighted by atomic mass is 35.5. The van der Waals surface area contributed by atoms with E-state index in [-0.39, 0.29) is 5.02 Å². The van der Waals surface area contributed by atoms with Crippen molar-refractivity contribution in [3.63, 3.8) is 0 Å². The summed E-state index contributed by atoms with van der Waals surface area (Å²) in [5.41, 5.74) is 1.16. The average Bonchev–Trinajstić information content (AvgIpc) is 2.74. The van der Waals surface area contributed by atoms with E-state index in [1.165, 1.54) is 12.1 Å². The van der Waals surface area contributed by atoms with E-state index in [0.717, 1.165) is 11.6 Å². The Bertz CT molecular complexity index is 843. The molecular formula is C15H14ClFN2O3S. The van der Waals surface area contributed by atoms with Gasteiger partial charge < -0.3 is 10.1 Å². The second kappa shape index (κ2) is 6.35. The highest BCUT2D eigenvalue weighted by Gasteiger charge is 2.21. The molecule has 5 nitrogen and oxygen atoms in total. The number of nitrogens with one attached hydrogen (secondary N) is 2. The summed E-state index contributed by atoms with van der Waals surface area (Å²) in [6.07, 6.45) is 0. The molecular weight excluding hydrogens is 343 g/mol. The molecule has 23 heavy (non-hydrogen) atoms. The first-order valence-corrected chi connectivity index (χ1v) is 8.77. The van der Waals surface area contributed by atoms with Crippen LogP contribution in [0.15, 0.2) is 41.3 Å². The van der Waals surface area contributed by atoms with E-state index in [2.05, 4.69) is 10.0 Å². The third kappa shape index (κ3) is 3.41. The van der Waals surface area contributed by atoms with E-state index < -0.39 is 20.7 Å². The summed E-state index contributed by atoms with van der Waals surface area (Å²) >= 11 is 5.64. The van der Waals surface area contributed by atoms with Crippen LogP contribution in [0.5, 0.6) is 5.75 Å². The number of benzene rings is 2. The molecule has 2 aromatic carbocycles. The molecule has 0 atom stereocenters. The third-order valence-electron chi connectivity index (χ3n) is 3.37. The monoisotopic (exact) mass is 356 g/mol. The maximum Gasteiger partial charge on any atom is 0.264 e. The van der Waals surface area contributed by atoms with Gasteiger partial charge in [0.15, 0.2) is 5.82 Å². The molecule has 2 aromatic rings. The molecule has 2 N–H and O–H groups in total. The Kier molecular flexibility index (Phi) is 4.43. The first kappa shape index (κ1) is 16.0. The van der Waals surface area contributed by atoms with E-state index in [9.17, 15) is 12.8 Å². The quantitative estimate of drug-likeness (QED) is 0.887. The topological polar surface area (TPSA) is 67.4 Å². The Hall–Kier alpha value is -1.83. The van der Waals surface area contributed by atoms with Crippen molar-refractivity contribution in [3.8, 4) is 5.75 Å². The van der Waals surface area contributed by atoms with Crippen LogP contribution < -0.4 is 14.8 Å². The number of hydrogen-bond acceptors (Lipinski definition) is 4. The van der Waals surface area contributed by atoms with Gasteiger partial charge in [-0.25, -0.2) is 12.8 Å². The molecule has 3 rings (SSSR count). The van der Waals surface area contributed by atoms with E-state index in [1.54, 1.807) is 18.2 Å². The summed E-state index contributed by atoms with van der Waals surface area (Å²) in [5, 5.41) is 2.92. The van der Waals surface area contributed by atoms with Gasteiger partial charge in [0.25, 0.3) is 10.0 Å². The second-order valence-corrected chi connectivity index (χ2v) is 7.06. The highest BCUT2D eigenvalue weighted by Crippen LogP contribution is 2.27. The number of halogens is 2. The fraction of sp³-hybridized carbons (Fsp3) is 0.200. The van der Waals surface area contributed by atoms with Crippen molar-refractivity contribution in [1.82, 2.24) is 5.32 Å². The molecule has 0 fully saturated rings. The lowest BCUT2D eigenvalue weighted by Crippen LogP contribution is -2.16. The molecule has 0 spiro atoms. The van der Waals surface area contributed by atoms with Crippen molar-refractivity contribution in [2.45, 2.75) is 11.4 Å². The van der Waals surface area contributed by atoms with Crippen LogP contribution in [0.2, 0.25) is 5.02 Å². The van der Waals surface area contributed by atoms with E-state index >= 15 is 0 Å². The fourth-order valence-corrected chi connectivity index (χ4v) is 3.66. The maximum atomic E-state index is 13.9. The molecule has 0 saturated carbocycles. The molecule has 1 aliphatic rings. The first-order valence-electron chi connectivity index (χ1n) is 6.91. The fourth-order valence-electron chi connectivity index (χ4n) is 2.28. The minimum Gasteiger partial charge on any atom is -0.492 e. The molecule has 1 heterocycles. The van der Waals surface area contributed by atoms with Gasteiger partial charge in [-0.05, 0) is 30.3 Å². The number of sulfonamides is 1. The molecule has 0 saturated heterocycles. The Morgan fingerprint density at radius 2 is 2.09 bits per heavy atom. The van der Waals surface area contributed by atoms with Crippen molar-refractivity contribution >= 4 is 27.3 Å². The van der Waals surface area contributed by atoms with Gasteiger partial charge in [0.05, 0.1) is 5.02 Å². The van der Waals surface area contributed by atoms with Crippen molar-refractivity contribution < 1.29 is 17.5 Å². The number of anilines is 1. The molecule has 0 bridgehead atoms. The van der Waals surface area contributed by atoms with Crippen molar-refractivity contribution in [3.05, 3.63) is 52.8 Å². The Labute approximate surface area is 138 Å². The summed E-state index contributed by atoms with van der Waals surface area (Å²) in [4.78, 5) is -0.491. The van der Waals surface area contributed by atoms with Gasteiger partial charge in [-0.2, -0.15) is 0 Å². The number of hydrogen-bond donors (Lipinski definition) is 2. The molecule has 0 radical (unpaired) electrons. The predicted octanol–water partition coefficient (Wildman–Crippen LogP) is 2.76. The number of fused-ring (bicyclic) bond motifs is 1. The minimum atomic E-state index is -4.07. The zero-order valence-corrected chi connectivity index (χ0v) is 13.5. The zero-order chi connectivity index (χ0) is 16.4. The summed E-state index contributed by atoms with van der Waals surface area (Å²) in [6.45, 7) is 1.83. The van der Waals surface area contributed by atoms with E-state index in [0.29, 0.717) is 31.1 Å². The lowest BCUT2D eigenvalue weighted by atomic mass is 10.2. The van der Waals surface area contributed by atoms with Crippen LogP contribution >= 0.6 is 11.6 Å². The summed E-state index contributed by atoms with van der Waals surface area (Å²) in [5.74, 6) is -0.270. The summed E-state index contributed by atoms with van der Waals surface area (Å²) in [6, 6.07) is 8.76. The van der Waals surface area contributed by atoms with Gasteiger partial charge in [-0.3, -0.25) is 4.72 Å². The molecule has 0 aromatic heterocycles. The van der Waals surface area contributed by atoms with Gasteiger partial charge in [-0.15, -0.1) is 0 Å². The van der Waals surface area contributed by atoms with Gasteiger partial charge in [0, 0.05) is 24.3 Å². The zero-order valence-electron chi connectivity index (χ0n) is 12.0. The lowest BCUT2D eigenvalue weighted by Gasteiger charge is -2.12. The van der Waals surface area contributed by atoms with Crippen LogP contribution in [0, 0.1) is 5.82 Å². The first-order chi connectivity index (χ1) is 11.0.